The third-order valence-corrected chi connectivity index (χ3v) is 9.43. The molecule has 2 saturated heterocycles. The summed E-state index contributed by atoms with van der Waals surface area (Å²) in [6.45, 7) is 7.62. The quantitative estimate of drug-likeness (QED) is 0.301. The van der Waals surface area contributed by atoms with Crippen LogP contribution in [-0.4, -0.2) is 84.8 Å². The lowest BCUT2D eigenvalue weighted by Gasteiger charge is -2.35. The van der Waals surface area contributed by atoms with Crippen molar-refractivity contribution >= 4 is 28.0 Å². The van der Waals surface area contributed by atoms with Crippen molar-refractivity contribution in [3.05, 3.63) is 60.0 Å². The molecule has 0 spiro atoms. The van der Waals surface area contributed by atoms with Crippen LogP contribution in [0.4, 0.5) is 5.95 Å². The van der Waals surface area contributed by atoms with Crippen molar-refractivity contribution in [3.8, 4) is 11.3 Å². The van der Waals surface area contributed by atoms with Gasteiger partial charge in [-0.15, -0.1) is 5.10 Å². The van der Waals surface area contributed by atoms with Crippen molar-refractivity contribution in [1.29, 1.82) is 0 Å². The van der Waals surface area contributed by atoms with E-state index in [2.05, 4.69) is 61.1 Å². The molecule has 10 heteroatoms. The van der Waals surface area contributed by atoms with Gasteiger partial charge in [0, 0.05) is 70.4 Å². The van der Waals surface area contributed by atoms with E-state index >= 15 is 0 Å². The van der Waals surface area contributed by atoms with Crippen LogP contribution in [0.3, 0.4) is 0 Å². The van der Waals surface area contributed by atoms with Crippen LogP contribution in [0.25, 0.3) is 33.3 Å². The summed E-state index contributed by atoms with van der Waals surface area (Å²) in [5.74, 6) is 1.22. The molecule has 3 fully saturated rings. The summed E-state index contributed by atoms with van der Waals surface area (Å²) < 4.78 is 10.1. The number of hydrogen-bond acceptors (Lipinski definition) is 8. The standard InChI is InChI=1S/C32H37N9O/c1-21-29(38(2)37-36-21)24-18-27-28(33-19-24)26-20-34-32(40-14-12-39(13-15-40)25-8-9-25)35-31(26)41(27)30(22-6-4-3-5-7-22)23-10-16-42-17-11-23/h3-7,18-20,23,25,30H,8-17H2,1-2H3/t30-/m1/s1. The van der Waals surface area contributed by atoms with Gasteiger partial charge < -0.3 is 14.2 Å². The molecule has 0 unspecified atom stereocenters. The lowest BCUT2D eigenvalue weighted by atomic mass is 9.86. The van der Waals surface area contributed by atoms with Crippen molar-refractivity contribution < 1.29 is 4.74 Å². The van der Waals surface area contributed by atoms with Crippen molar-refractivity contribution in [3.63, 3.8) is 0 Å². The van der Waals surface area contributed by atoms with Crippen molar-refractivity contribution in [1.82, 2.24) is 39.4 Å². The molecule has 0 N–H and O–H groups in total. The molecule has 2 aliphatic heterocycles. The molecule has 1 atom stereocenters. The molecule has 6 heterocycles. The second-order valence-corrected chi connectivity index (χ2v) is 12.1. The van der Waals surface area contributed by atoms with E-state index < -0.39 is 0 Å². The number of aryl methyl sites for hydroxylation is 2. The third-order valence-electron chi connectivity index (χ3n) is 9.43. The van der Waals surface area contributed by atoms with Crippen LogP contribution in [0.5, 0.6) is 0 Å². The predicted octanol–water partition coefficient (Wildman–Crippen LogP) is 4.38. The summed E-state index contributed by atoms with van der Waals surface area (Å²) in [7, 11) is 1.94. The Hall–Kier alpha value is -3.89. The largest absolute Gasteiger partial charge is 0.381 e. The number of fused-ring (bicyclic) bond motifs is 3. The molecule has 216 valence electrons. The number of ether oxygens (including phenoxy) is 1. The first-order chi connectivity index (χ1) is 20.7. The normalized spacial score (nSPS) is 19.6. The minimum atomic E-state index is 0.0902. The van der Waals surface area contributed by atoms with Crippen LogP contribution in [0.2, 0.25) is 0 Å². The molecule has 0 amide bonds. The van der Waals surface area contributed by atoms with Gasteiger partial charge in [-0.25, -0.2) is 9.67 Å². The van der Waals surface area contributed by atoms with Gasteiger partial charge in [0.05, 0.1) is 33.8 Å². The van der Waals surface area contributed by atoms with Crippen LogP contribution < -0.4 is 4.90 Å². The number of rotatable bonds is 6. The molecule has 8 rings (SSSR count). The summed E-state index contributed by atoms with van der Waals surface area (Å²) in [4.78, 5) is 20.3. The molecule has 10 nitrogen and oxygen atoms in total. The smallest absolute Gasteiger partial charge is 0.227 e. The number of benzene rings is 1. The Kier molecular flexibility index (Phi) is 6.41. The highest BCUT2D eigenvalue weighted by Crippen LogP contribution is 2.41. The molecule has 5 aromatic rings. The van der Waals surface area contributed by atoms with E-state index in [0.29, 0.717) is 5.92 Å². The molecular formula is C32H37N9O. The second kappa shape index (κ2) is 10.4. The maximum Gasteiger partial charge on any atom is 0.227 e. The lowest BCUT2D eigenvalue weighted by Crippen LogP contribution is -2.47. The zero-order chi connectivity index (χ0) is 28.2. The minimum Gasteiger partial charge on any atom is -0.381 e. The number of nitrogens with zero attached hydrogens (tertiary/aromatic N) is 9. The van der Waals surface area contributed by atoms with Gasteiger partial charge in [-0.3, -0.25) is 9.88 Å². The zero-order valence-electron chi connectivity index (χ0n) is 24.4. The predicted molar refractivity (Wildman–Crippen MR) is 162 cm³/mol. The van der Waals surface area contributed by atoms with Gasteiger partial charge >= 0.3 is 0 Å². The molecule has 0 bridgehead atoms. The summed E-state index contributed by atoms with van der Waals surface area (Å²) in [6.07, 6.45) is 8.63. The maximum atomic E-state index is 5.83. The molecular weight excluding hydrogens is 526 g/mol. The van der Waals surface area contributed by atoms with Gasteiger partial charge in [0.25, 0.3) is 0 Å². The van der Waals surface area contributed by atoms with E-state index in [4.69, 9.17) is 19.7 Å². The fourth-order valence-corrected chi connectivity index (χ4v) is 7.13. The molecule has 4 aromatic heterocycles. The molecule has 1 aromatic carbocycles. The zero-order valence-corrected chi connectivity index (χ0v) is 24.4. The summed E-state index contributed by atoms with van der Waals surface area (Å²) in [5, 5.41) is 9.57. The van der Waals surface area contributed by atoms with E-state index in [-0.39, 0.29) is 6.04 Å². The highest BCUT2D eigenvalue weighted by Gasteiger charge is 2.33. The fraction of sp³-hybridized carbons (Fsp3) is 0.469. The van der Waals surface area contributed by atoms with Crippen molar-refractivity contribution in [2.24, 2.45) is 13.0 Å². The van der Waals surface area contributed by atoms with Gasteiger partial charge in [0.15, 0.2) is 0 Å². The van der Waals surface area contributed by atoms with E-state index in [9.17, 15) is 0 Å². The van der Waals surface area contributed by atoms with Crippen molar-refractivity contribution in [2.45, 2.75) is 44.7 Å². The Bertz CT molecular complexity index is 1710. The number of pyridine rings is 1. The van der Waals surface area contributed by atoms with Crippen molar-refractivity contribution in [2.75, 3.05) is 44.3 Å². The first-order valence-electron chi connectivity index (χ1n) is 15.3. The summed E-state index contributed by atoms with van der Waals surface area (Å²) >= 11 is 0. The topological polar surface area (TPSA) is 90.0 Å². The Morgan fingerprint density at radius 2 is 1.71 bits per heavy atom. The van der Waals surface area contributed by atoms with E-state index in [1.54, 1.807) is 0 Å². The van der Waals surface area contributed by atoms with Gasteiger partial charge in [0.2, 0.25) is 5.95 Å². The number of hydrogen-bond donors (Lipinski definition) is 0. The van der Waals surface area contributed by atoms with E-state index in [1.807, 2.05) is 31.0 Å². The molecule has 3 aliphatic rings. The molecule has 1 saturated carbocycles. The summed E-state index contributed by atoms with van der Waals surface area (Å²) in [5.41, 5.74) is 7.09. The Labute approximate surface area is 245 Å². The van der Waals surface area contributed by atoms with Crippen LogP contribution in [0.15, 0.2) is 48.8 Å². The first-order valence-corrected chi connectivity index (χ1v) is 15.3. The second-order valence-electron chi connectivity index (χ2n) is 12.1. The number of aromatic nitrogens is 7. The average Bonchev–Trinajstić information content (AvgIpc) is 3.78. The van der Waals surface area contributed by atoms with Gasteiger partial charge in [-0.1, -0.05) is 35.5 Å². The SMILES string of the molecule is Cc1nnn(C)c1-c1cnc2c3cnc(N4CCN(C5CC5)CC4)nc3n([C@H](c3ccccc3)C3CCOCC3)c2c1. The Morgan fingerprint density at radius 3 is 2.43 bits per heavy atom. The van der Waals surface area contributed by atoms with E-state index in [1.165, 1.54) is 18.4 Å². The fourth-order valence-electron chi connectivity index (χ4n) is 7.13. The van der Waals surface area contributed by atoms with Gasteiger partial charge in [-0.05, 0) is 50.2 Å². The minimum absolute atomic E-state index is 0.0902. The Morgan fingerprint density at radius 1 is 0.929 bits per heavy atom. The number of piperazine rings is 1. The van der Waals surface area contributed by atoms with Gasteiger partial charge in [-0.2, -0.15) is 4.98 Å². The Balaban J connectivity index is 1.33. The van der Waals surface area contributed by atoms with E-state index in [0.717, 1.165) is 103 Å². The van der Waals surface area contributed by atoms with Crippen LogP contribution >= 0.6 is 0 Å². The monoisotopic (exact) mass is 563 g/mol. The summed E-state index contributed by atoms with van der Waals surface area (Å²) in [6, 6.07) is 14.0. The van der Waals surface area contributed by atoms with Crippen LogP contribution in [-0.2, 0) is 11.8 Å². The highest BCUT2D eigenvalue weighted by molar-refractivity contribution is 6.05. The molecule has 0 radical (unpaired) electrons. The maximum absolute atomic E-state index is 5.83. The highest BCUT2D eigenvalue weighted by atomic mass is 16.5. The number of anilines is 1. The lowest BCUT2D eigenvalue weighted by molar-refractivity contribution is 0.0552. The van der Waals surface area contributed by atoms with Gasteiger partial charge in [0.1, 0.15) is 5.65 Å². The first kappa shape index (κ1) is 25.8. The third kappa shape index (κ3) is 4.44. The van der Waals surface area contributed by atoms with Crippen LogP contribution in [0.1, 0.15) is 43.0 Å². The van der Waals surface area contributed by atoms with Crippen LogP contribution in [0, 0.1) is 12.8 Å². The average molecular weight is 564 g/mol. The molecule has 1 aliphatic carbocycles. The molecule has 42 heavy (non-hydrogen) atoms.